The fraction of sp³-hybridized carbons (Fsp3) is 0.103. The zero-order chi connectivity index (χ0) is 24.1. The number of carboxylic acid groups (broad SMARTS) is 1. The van der Waals surface area contributed by atoms with Gasteiger partial charge in [-0.15, -0.1) is 0 Å². The summed E-state index contributed by atoms with van der Waals surface area (Å²) >= 11 is 0. The molecule has 0 bridgehead atoms. The average Bonchev–Trinajstić information content (AvgIpc) is 2.84. The van der Waals surface area contributed by atoms with E-state index in [-0.39, 0.29) is 17.2 Å². The van der Waals surface area contributed by atoms with Crippen molar-refractivity contribution < 1.29 is 14.7 Å². The summed E-state index contributed by atoms with van der Waals surface area (Å²) in [6, 6.07) is 29.0. The van der Waals surface area contributed by atoms with Crippen LogP contribution in [-0.4, -0.2) is 24.0 Å². The summed E-state index contributed by atoms with van der Waals surface area (Å²) in [7, 11) is 1.90. The molecule has 0 aliphatic heterocycles. The van der Waals surface area contributed by atoms with Crippen LogP contribution >= 0.6 is 0 Å². The van der Waals surface area contributed by atoms with E-state index in [4.69, 9.17) is 0 Å². The van der Waals surface area contributed by atoms with Gasteiger partial charge >= 0.3 is 5.97 Å². The Balaban J connectivity index is 1.52. The molecule has 0 saturated heterocycles. The predicted molar refractivity (Wildman–Crippen MR) is 138 cm³/mol. The maximum absolute atomic E-state index is 12.7. The van der Waals surface area contributed by atoms with Crippen LogP contribution in [0.25, 0.3) is 16.3 Å². The molecule has 0 radical (unpaired) electrons. The molecular formula is C29H26N2O3. The molecule has 0 spiro atoms. The molecule has 5 heteroatoms. The molecule has 0 aliphatic rings. The number of hydrogen-bond donors (Lipinski definition) is 2. The summed E-state index contributed by atoms with van der Waals surface area (Å²) in [5, 5.41) is 14.7. The van der Waals surface area contributed by atoms with Crippen molar-refractivity contribution in [2.75, 3.05) is 17.3 Å². The molecule has 0 heterocycles. The number of nitrogens with zero attached hydrogens (tertiary/aromatic N) is 1. The van der Waals surface area contributed by atoms with Crippen molar-refractivity contribution in [3.8, 4) is 0 Å². The van der Waals surface area contributed by atoms with Crippen molar-refractivity contribution in [3.05, 3.63) is 114 Å². The maximum Gasteiger partial charge on any atom is 0.337 e. The van der Waals surface area contributed by atoms with Crippen LogP contribution in [0.2, 0.25) is 0 Å². The summed E-state index contributed by atoms with van der Waals surface area (Å²) in [4.78, 5) is 26.6. The lowest BCUT2D eigenvalue weighted by Crippen LogP contribution is -2.18. The number of carbonyl (C=O) groups excluding carboxylic acids is 1. The van der Waals surface area contributed by atoms with Crippen LogP contribution in [0.15, 0.2) is 97.1 Å². The van der Waals surface area contributed by atoms with Crippen LogP contribution in [-0.2, 0) is 11.3 Å². The van der Waals surface area contributed by atoms with E-state index in [1.807, 2.05) is 97.7 Å². The van der Waals surface area contributed by atoms with Crippen molar-refractivity contribution in [3.63, 3.8) is 0 Å². The second kappa shape index (κ2) is 10.0. The first-order valence-electron chi connectivity index (χ1n) is 11.0. The number of anilines is 2. The number of nitrogens with one attached hydrogen (secondary N) is 1. The number of aromatic carboxylic acids is 1. The number of carbonyl (C=O) groups is 2. The molecule has 0 fully saturated rings. The van der Waals surface area contributed by atoms with Crippen molar-refractivity contribution in [1.29, 1.82) is 0 Å². The van der Waals surface area contributed by atoms with Crippen LogP contribution in [0, 0.1) is 0 Å². The summed E-state index contributed by atoms with van der Waals surface area (Å²) in [6.45, 7) is 2.50. The largest absolute Gasteiger partial charge is 0.478 e. The second-order valence-electron chi connectivity index (χ2n) is 8.26. The van der Waals surface area contributed by atoms with Gasteiger partial charge in [0.1, 0.15) is 0 Å². The maximum atomic E-state index is 12.7. The molecular weight excluding hydrogens is 424 g/mol. The van der Waals surface area contributed by atoms with Crippen LogP contribution in [0.5, 0.6) is 0 Å². The SMILES string of the molecule is CC(=CC(=O)Nc1ccc(N(C)Cc2ccccc2)cc1C(=O)O)c1ccc2ccccc2c1. The van der Waals surface area contributed by atoms with Crippen molar-refractivity contribution >= 4 is 39.6 Å². The van der Waals surface area contributed by atoms with E-state index >= 15 is 0 Å². The molecule has 0 unspecified atom stereocenters. The Bertz CT molecular complexity index is 1380. The van der Waals surface area contributed by atoms with E-state index in [0.717, 1.165) is 33.2 Å². The third-order valence-corrected chi connectivity index (χ3v) is 5.75. The standard InChI is InChI=1S/C29H26N2O3/c1-20(23-13-12-22-10-6-7-11-24(22)17-23)16-28(32)30-27-15-14-25(18-26(27)29(33)34)31(2)19-21-8-4-3-5-9-21/h3-18H,19H2,1-2H3,(H,30,32)(H,33,34). The van der Waals surface area contributed by atoms with Crippen LogP contribution < -0.4 is 10.2 Å². The molecule has 4 rings (SSSR count). The van der Waals surface area contributed by atoms with Gasteiger partial charge in [0.25, 0.3) is 0 Å². The van der Waals surface area contributed by atoms with Gasteiger partial charge in [0.15, 0.2) is 0 Å². The topological polar surface area (TPSA) is 69.6 Å². The highest BCUT2D eigenvalue weighted by molar-refractivity contribution is 6.07. The molecule has 4 aromatic rings. The molecule has 34 heavy (non-hydrogen) atoms. The fourth-order valence-electron chi connectivity index (χ4n) is 3.89. The second-order valence-corrected chi connectivity index (χ2v) is 8.26. The van der Waals surface area contributed by atoms with E-state index in [9.17, 15) is 14.7 Å². The van der Waals surface area contributed by atoms with Crippen LogP contribution in [0.3, 0.4) is 0 Å². The van der Waals surface area contributed by atoms with Gasteiger partial charge < -0.3 is 15.3 Å². The zero-order valence-corrected chi connectivity index (χ0v) is 19.2. The first kappa shape index (κ1) is 22.8. The lowest BCUT2D eigenvalue weighted by Gasteiger charge is -2.21. The summed E-state index contributed by atoms with van der Waals surface area (Å²) in [5.41, 5.74) is 3.90. The van der Waals surface area contributed by atoms with Gasteiger partial charge in [-0.1, -0.05) is 66.7 Å². The lowest BCUT2D eigenvalue weighted by atomic mass is 10.0. The average molecular weight is 451 g/mol. The summed E-state index contributed by atoms with van der Waals surface area (Å²) in [6.07, 6.45) is 1.49. The summed E-state index contributed by atoms with van der Waals surface area (Å²) < 4.78 is 0. The van der Waals surface area contributed by atoms with Crippen molar-refractivity contribution in [2.24, 2.45) is 0 Å². The number of hydrogen-bond acceptors (Lipinski definition) is 3. The number of fused-ring (bicyclic) bond motifs is 1. The highest BCUT2D eigenvalue weighted by Gasteiger charge is 2.15. The molecule has 1 amide bonds. The van der Waals surface area contributed by atoms with Gasteiger partial charge in [0.2, 0.25) is 5.91 Å². The Morgan fingerprint density at radius 1 is 0.882 bits per heavy atom. The van der Waals surface area contributed by atoms with Crippen molar-refractivity contribution in [2.45, 2.75) is 13.5 Å². The van der Waals surface area contributed by atoms with Gasteiger partial charge in [-0.2, -0.15) is 0 Å². The van der Waals surface area contributed by atoms with E-state index in [0.29, 0.717) is 6.54 Å². The minimum Gasteiger partial charge on any atom is -0.478 e. The highest BCUT2D eigenvalue weighted by Crippen LogP contribution is 2.25. The molecule has 0 aromatic heterocycles. The minimum atomic E-state index is -1.10. The Morgan fingerprint density at radius 2 is 1.59 bits per heavy atom. The number of allylic oxidation sites excluding steroid dienone is 1. The minimum absolute atomic E-state index is 0.0440. The first-order valence-corrected chi connectivity index (χ1v) is 11.0. The Labute approximate surface area is 199 Å². The monoisotopic (exact) mass is 450 g/mol. The van der Waals surface area contributed by atoms with E-state index in [2.05, 4.69) is 5.32 Å². The third kappa shape index (κ3) is 5.33. The molecule has 170 valence electrons. The van der Waals surface area contributed by atoms with Gasteiger partial charge in [-0.05, 0) is 58.7 Å². The molecule has 0 saturated carbocycles. The molecule has 0 aliphatic carbocycles. The van der Waals surface area contributed by atoms with Crippen molar-refractivity contribution in [1.82, 2.24) is 0 Å². The number of rotatable bonds is 7. The summed E-state index contributed by atoms with van der Waals surface area (Å²) in [5.74, 6) is -1.47. The number of carboxylic acids is 1. The van der Waals surface area contributed by atoms with E-state index in [1.54, 1.807) is 12.1 Å². The van der Waals surface area contributed by atoms with E-state index < -0.39 is 5.97 Å². The smallest absolute Gasteiger partial charge is 0.337 e. The lowest BCUT2D eigenvalue weighted by molar-refractivity contribution is -0.111. The van der Waals surface area contributed by atoms with Gasteiger partial charge in [-0.3, -0.25) is 4.79 Å². The van der Waals surface area contributed by atoms with Crippen LogP contribution in [0.1, 0.15) is 28.4 Å². The fourth-order valence-corrected chi connectivity index (χ4v) is 3.89. The molecule has 2 N–H and O–H groups in total. The Morgan fingerprint density at radius 3 is 2.32 bits per heavy atom. The van der Waals surface area contributed by atoms with Crippen LogP contribution in [0.4, 0.5) is 11.4 Å². The third-order valence-electron chi connectivity index (χ3n) is 5.75. The molecule has 0 atom stereocenters. The zero-order valence-electron chi connectivity index (χ0n) is 19.2. The predicted octanol–water partition coefficient (Wildman–Crippen LogP) is 6.22. The molecule has 4 aromatic carbocycles. The molecule has 5 nitrogen and oxygen atoms in total. The van der Waals surface area contributed by atoms with Gasteiger partial charge in [0, 0.05) is 25.4 Å². The quantitative estimate of drug-likeness (QED) is 0.328. The van der Waals surface area contributed by atoms with E-state index in [1.165, 1.54) is 6.08 Å². The normalized spacial score (nSPS) is 11.3. The van der Waals surface area contributed by atoms with Gasteiger partial charge in [0.05, 0.1) is 11.3 Å². The Kier molecular flexibility index (Phi) is 6.74. The first-order chi connectivity index (χ1) is 16.4. The van der Waals surface area contributed by atoms with Gasteiger partial charge in [-0.25, -0.2) is 4.79 Å². The number of benzene rings is 4. The highest BCUT2D eigenvalue weighted by atomic mass is 16.4. The Hall–Kier alpha value is -4.38. The number of amides is 1.